The van der Waals surface area contributed by atoms with Crippen LogP contribution in [0.15, 0.2) is 35.6 Å². The molecule has 0 saturated carbocycles. The number of nitrogens with zero attached hydrogens (tertiary/aromatic N) is 7. The number of aromatic nitrogens is 3. The number of ether oxygens (including phenoxy) is 1. The van der Waals surface area contributed by atoms with Crippen molar-refractivity contribution in [2.24, 2.45) is 5.10 Å². The zero-order chi connectivity index (χ0) is 26.3. The molecule has 0 radical (unpaired) electrons. The second-order valence-corrected chi connectivity index (χ2v) is 9.07. The van der Waals surface area contributed by atoms with Crippen molar-refractivity contribution in [1.29, 1.82) is 5.26 Å². The summed E-state index contributed by atoms with van der Waals surface area (Å²) in [7, 11) is 0. The molecule has 1 saturated heterocycles. The van der Waals surface area contributed by atoms with Crippen molar-refractivity contribution in [3.63, 3.8) is 0 Å². The fraction of sp³-hybridized carbons (Fsp3) is 0.346. The van der Waals surface area contributed by atoms with Gasteiger partial charge in [-0.2, -0.15) is 15.5 Å². The Kier molecular flexibility index (Phi) is 6.33. The van der Waals surface area contributed by atoms with Crippen LogP contribution in [0.3, 0.4) is 0 Å². The van der Waals surface area contributed by atoms with Crippen LogP contribution in [0.4, 0.5) is 13.6 Å². The van der Waals surface area contributed by atoms with Gasteiger partial charge in [-0.1, -0.05) is 0 Å². The minimum atomic E-state index is -0.588. The third-order valence-electron chi connectivity index (χ3n) is 6.63. The third-order valence-corrected chi connectivity index (χ3v) is 6.63. The number of hydrogen-bond acceptors (Lipinski definition) is 6. The maximum Gasteiger partial charge on any atom is 0.341 e. The summed E-state index contributed by atoms with van der Waals surface area (Å²) in [6, 6.07) is 6.63. The van der Waals surface area contributed by atoms with E-state index in [0.29, 0.717) is 24.2 Å². The molecule has 0 bridgehead atoms. The van der Waals surface area contributed by atoms with Crippen molar-refractivity contribution in [3.05, 3.63) is 64.6 Å². The number of nitriles is 1. The highest BCUT2D eigenvalue weighted by molar-refractivity contribution is 5.79. The average Bonchev–Trinajstić information content (AvgIpc) is 3.45. The average molecular weight is 506 g/mol. The van der Waals surface area contributed by atoms with Gasteiger partial charge in [0.05, 0.1) is 48.3 Å². The normalized spacial score (nSPS) is 17.1. The number of urea groups is 1. The van der Waals surface area contributed by atoms with Gasteiger partial charge in [-0.05, 0) is 44.5 Å². The van der Waals surface area contributed by atoms with E-state index in [4.69, 9.17) is 10.00 Å². The molecular formula is C26H25F2N7O2. The first-order chi connectivity index (χ1) is 17.8. The summed E-state index contributed by atoms with van der Waals surface area (Å²) in [6.07, 6.45) is 2.73. The Labute approximate surface area is 212 Å². The summed E-state index contributed by atoms with van der Waals surface area (Å²) in [6.45, 7) is 7.02. The molecule has 4 heterocycles. The maximum atomic E-state index is 14.5. The molecule has 0 N–H and O–H groups in total. The molecule has 1 atom stereocenters. The molecular weight excluding hydrogens is 480 g/mol. The fourth-order valence-electron chi connectivity index (χ4n) is 4.76. The number of aryl methyl sites for hydroxylation is 2. The number of hydrazone groups is 1. The van der Waals surface area contributed by atoms with E-state index in [0.717, 1.165) is 29.2 Å². The molecule has 2 aliphatic heterocycles. The third kappa shape index (κ3) is 4.50. The van der Waals surface area contributed by atoms with Crippen LogP contribution in [0.1, 0.15) is 41.9 Å². The SMILES string of the molecule is CCn1nc(C)c(-c2cc(OC3CN(C(=O)N4N=CCC4c4cc(F)cc(C#N)c4)C3)c(F)cn2)c1C. The van der Waals surface area contributed by atoms with Gasteiger partial charge in [0, 0.05) is 36.5 Å². The van der Waals surface area contributed by atoms with Crippen LogP contribution in [0.2, 0.25) is 0 Å². The molecule has 2 aliphatic rings. The van der Waals surface area contributed by atoms with E-state index in [1.54, 1.807) is 18.3 Å². The second kappa shape index (κ2) is 9.61. The van der Waals surface area contributed by atoms with Gasteiger partial charge >= 0.3 is 6.03 Å². The van der Waals surface area contributed by atoms with E-state index in [2.05, 4.69) is 15.2 Å². The first kappa shape index (κ1) is 24.4. The van der Waals surface area contributed by atoms with Crippen LogP contribution >= 0.6 is 0 Å². The quantitative estimate of drug-likeness (QED) is 0.513. The molecule has 9 nitrogen and oxygen atoms in total. The van der Waals surface area contributed by atoms with E-state index >= 15 is 0 Å². The molecule has 2 aromatic heterocycles. The molecule has 1 unspecified atom stereocenters. The summed E-state index contributed by atoms with van der Waals surface area (Å²) in [5.41, 5.74) is 3.82. The van der Waals surface area contributed by atoms with Crippen molar-refractivity contribution in [2.45, 2.75) is 45.9 Å². The lowest BCUT2D eigenvalue weighted by Gasteiger charge is -2.41. The maximum absolute atomic E-state index is 14.5. The fourth-order valence-corrected chi connectivity index (χ4v) is 4.76. The number of rotatable bonds is 5. The van der Waals surface area contributed by atoms with Crippen LogP contribution in [0.25, 0.3) is 11.3 Å². The number of carbonyl (C=O) groups is 1. The zero-order valence-corrected chi connectivity index (χ0v) is 20.7. The molecule has 37 heavy (non-hydrogen) atoms. The van der Waals surface area contributed by atoms with Gasteiger partial charge in [-0.25, -0.2) is 18.6 Å². The van der Waals surface area contributed by atoms with Gasteiger partial charge in [0.1, 0.15) is 11.9 Å². The Bertz CT molecular complexity index is 1440. The molecule has 1 fully saturated rings. The minimum absolute atomic E-state index is 0.0611. The number of likely N-dealkylation sites (tertiary alicyclic amines) is 1. The summed E-state index contributed by atoms with van der Waals surface area (Å²) in [5.74, 6) is -1.07. The standard InChI is InChI=1S/C26H25F2N7O2/c1-4-34-16(3)25(15(2)32-34)22-10-24(21(28)12-30-22)37-20-13-33(14-20)26(36)35-23(5-6-31-35)18-7-17(11-29)8-19(27)9-18/h6-10,12,20,23H,4-5,13-14H2,1-3H3. The van der Waals surface area contributed by atoms with Gasteiger partial charge in [-0.15, -0.1) is 0 Å². The minimum Gasteiger partial charge on any atom is -0.483 e. The molecule has 11 heteroatoms. The van der Waals surface area contributed by atoms with Crippen LogP contribution in [0, 0.1) is 36.8 Å². The van der Waals surface area contributed by atoms with Crippen molar-refractivity contribution >= 4 is 12.2 Å². The Morgan fingerprint density at radius 2 is 2.00 bits per heavy atom. The first-order valence-electron chi connectivity index (χ1n) is 12.0. The van der Waals surface area contributed by atoms with Crippen molar-refractivity contribution in [3.8, 4) is 23.1 Å². The Balaban J connectivity index is 1.26. The van der Waals surface area contributed by atoms with Crippen molar-refractivity contribution in [1.82, 2.24) is 24.7 Å². The summed E-state index contributed by atoms with van der Waals surface area (Å²) < 4.78 is 36.2. The van der Waals surface area contributed by atoms with E-state index in [9.17, 15) is 13.6 Å². The zero-order valence-electron chi connectivity index (χ0n) is 20.7. The molecule has 1 aromatic carbocycles. The highest BCUT2D eigenvalue weighted by atomic mass is 19.1. The van der Waals surface area contributed by atoms with E-state index < -0.39 is 23.8 Å². The number of carbonyl (C=O) groups excluding carboxylic acids is 1. The number of pyridine rings is 1. The van der Waals surface area contributed by atoms with E-state index in [1.807, 2.05) is 31.5 Å². The largest absolute Gasteiger partial charge is 0.483 e. The lowest BCUT2D eigenvalue weighted by Crippen LogP contribution is -2.58. The number of hydrogen-bond donors (Lipinski definition) is 0. The molecule has 190 valence electrons. The van der Waals surface area contributed by atoms with Crippen LogP contribution in [-0.4, -0.2) is 56.1 Å². The second-order valence-electron chi connectivity index (χ2n) is 9.07. The van der Waals surface area contributed by atoms with Crippen molar-refractivity contribution in [2.75, 3.05) is 13.1 Å². The van der Waals surface area contributed by atoms with Crippen molar-refractivity contribution < 1.29 is 18.3 Å². The highest BCUT2D eigenvalue weighted by Crippen LogP contribution is 2.33. The lowest BCUT2D eigenvalue weighted by molar-refractivity contribution is 0.0257. The van der Waals surface area contributed by atoms with Crippen LogP contribution < -0.4 is 4.74 Å². The Morgan fingerprint density at radius 1 is 1.22 bits per heavy atom. The summed E-state index contributed by atoms with van der Waals surface area (Å²) >= 11 is 0. The number of amides is 2. The van der Waals surface area contributed by atoms with Gasteiger partial charge in [0.15, 0.2) is 11.6 Å². The van der Waals surface area contributed by atoms with Crippen LogP contribution in [0.5, 0.6) is 5.75 Å². The highest BCUT2D eigenvalue weighted by Gasteiger charge is 2.39. The van der Waals surface area contributed by atoms with E-state index in [-0.39, 0.29) is 30.4 Å². The summed E-state index contributed by atoms with van der Waals surface area (Å²) in [4.78, 5) is 18.9. The lowest BCUT2D eigenvalue weighted by atomic mass is 10.0. The Morgan fingerprint density at radius 3 is 2.70 bits per heavy atom. The molecule has 0 aliphatic carbocycles. The molecule has 0 spiro atoms. The molecule has 5 rings (SSSR count). The Hall–Kier alpha value is -4.33. The number of benzene rings is 1. The van der Waals surface area contributed by atoms with Gasteiger partial charge < -0.3 is 9.64 Å². The molecule has 2 amide bonds. The number of halogens is 2. The summed E-state index contributed by atoms with van der Waals surface area (Å²) in [5, 5.41) is 19.1. The predicted octanol–water partition coefficient (Wildman–Crippen LogP) is 4.35. The van der Waals surface area contributed by atoms with Crippen LogP contribution in [-0.2, 0) is 6.54 Å². The monoisotopic (exact) mass is 505 g/mol. The van der Waals surface area contributed by atoms with Gasteiger partial charge in [0.25, 0.3) is 0 Å². The van der Waals surface area contributed by atoms with Gasteiger partial charge in [-0.3, -0.25) is 9.67 Å². The predicted molar refractivity (Wildman–Crippen MR) is 131 cm³/mol. The van der Waals surface area contributed by atoms with E-state index in [1.165, 1.54) is 16.0 Å². The first-order valence-corrected chi connectivity index (χ1v) is 12.0. The topological polar surface area (TPSA) is 99.6 Å². The van der Waals surface area contributed by atoms with Gasteiger partial charge in [0.2, 0.25) is 0 Å². The molecule has 3 aromatic rings. The smallest absolute Gasteiger partial charge is 0.341 e.